The SMILES string of the molecule is COC([Si])(CCCCC1CC2C=CC1C2)OC. The van der Waals surface area contributed by atoms with E-state index in [1.165, 1.54) is 25.7 Å². The Hall–Kier alpha value is -0.123. The Kier molecular flexibility index (Phi) is 4.45. The third-order valence-corrected chi connectivity index (χ3v) is 5.06. The van der Waals surface area contributed by atoms with Crippen LogP contribution in [0.5, 0.6) is 0 Å². The molecule has 2 aliphatic carbocycles. The predicted octanol–water partition coefficient (Wildman–Crippen LogP) is 2.87. The van der Waals surface area contributed by atoms with Gasteiger partial charge < -0.3 is 9.47 Å². The second kappa shape index (κ2) is 5.68. The van der Waals surface area contributed by atoms with Crippen molar-refractivity contribution in [3.05, 3.63) is 12.2 Å². The molecule has 95 valence electrons. The lowest BCUT2D eigenvalue weighted by molar-refractivity contribution is -0.146. The van der Waals surface area contributed by atoms with E-state index in [0.29, 0.717) is 0 Å². The first-order valence-corrected chi connectivity index (χ1v) is 7.20. The van der Waals surface area contributed by atoms with Crippen LogP contribution in [0.1, 0.15) is 38.5 Å². The van der Waals surface area contributed by atoms with E-state index in [1.807, 2.05) is 0 Å². The van der Waals surface area contributed by atoms with Crippen molar-refractivity contribution < 1.29 is 9.47 Å². The average molecular weight is 251 g/mol. The van der Waals surface area contributed by atoms with E-state index < -0.39 is 5.41 Å². The lowest BCUT2D eigenvalue weighted by atomic mass is 9.89. The highest BCUT2D eigenvalue weighted by molar-refractivity contribution is 6.13. The molecule has 0 aromatic heterocycles. The lowest BCUT2D eigenvalue weighted by Crippen LogP contribution is -2.34. The fourth-order valence-corrected chi connectivity index (χ4v) is 3.46. The highest BCUT2D eigenvalue weighted by Gasteiger charge is 2.34. The number of unbranched alkanes of at least 4 members (excludes halogenated alkanes) is 1. The highest BCUT2D eigenvalue weighted by Crippen LogP contribution is 2.45. The van der Waals surface area contributed by atoms with Crippen molar-refractivity contribution in [2.75, 3.05) is 14.2 Å². The fraction of sp³-hybridized carbons (Fsp3) is 0.857. The molecular weight excluding hydrogens is 228 g/mol. The Labute approximate surface area is 108 Å². The summed E-state index contributed by atoms with van der Waals surface area (Å²) >= 11 is 0. The quantitative estimate of drug-likeness (QED) is 0.300. The number of methoxy groups -OCH3 is 2. The molecule has 2 aliphatic rings. The molecule has 3 heteroatoms. The Balaban J connectivity index is 1.62. The molecule has 3 atom stereocenters. The van der Waals surface area contributed by atoms with Gasteiger partial charge in [0.25, 0.3) is 0 Å². The second-order valence-corrected chi connectivity index (χ2v) is 6.21. The topological polar surface area (TPSA) is 18.5 Å². The molecule has 1 fully saturated rings. The van der Waals surface area contributed by atoms with E-state index in [-0.39, 0.29) is 0 Å². The smallest absolute Gasteiger partial charge is 0.143 e. The third kappa shape index (κ3) is 3.21. The van der Waals surface area contributed by atoms with E-state index in [4.69, 9.17) is 9.47 Å². The van der Waals surface area contributed by atoms with Crippen molar-refractivity contribution in [3.8, 4) is 0 Å². The molecule has 0 spiro atoms. The fourth-order valence-electron chi connectivity index (χ4n) is 3.28. The highest BCUT2D eigenvalue weighted by atomic mass is 28.1. The minimum absolute atomic E-state index is 0.575. The summed E-state index contributed by atoms with van der Waals surface area (Å²) in [6, 6.07) is 0. The van der Waals surface area contributed by atoms with Gasteiger partial charge in [-0.15, -0.1) is 0 Å². The molecule has 0 saturated heterocycles. The van der Waals surface area contributed by atoms with Crippen molar-refractivity contribution in [3.63, 3.8) is 0 Å². The zero-order valence-corrected chi connectivity index (χ0v) is 11.9. The number of rotatable bonds is 7. The molecule has 3 unspecified atom stereocenters. The molecule has 0 heterocycles. The van der Waals surface area contributed by atoms with Gasteiger partial charge in [0.2, 0.25) is 0 Å². The van der Waals surface area contributed by atoms with Crippen LogP contribution in [0.25, 0.3) is 0 Å². The van der Waals surface area contributed by atoms with Gasteiger partial charge >= 0.3 is 0 Å². The largest absolute Gasteiger partial charge is 0.358 e. The zero-order chi connectivity index (χ0) is 12.3. The third-order valence-electron chi connectivity index (χ3n) is 4.41. The maximum absolute atomic E-state index is 5.29. The molecular formula is C14H23O2Si. The summed E-state index contributed by atoms with van der Waals surface area (Å²) in [7, 11) is 6.88. The summed E-state index contributed by atoms with van der Waals surface area (Å²) in [5.41, 5.74) is -0.575. The van der Waals surface area contributed by atoms with Crippen molar-refractivity contribution in [2.24, 2.45) is 17.8 Å². The van der Waals surface area contributed by atoms with Crippen LogP contribution in [-0.2, 0) is 9.47 Å². The molecule has 2 nitrogen and oxygen atoms in total. The molecule has 0 aliphatic heterocycles. The predicted molar refractivity (Wildman–Crippen MR) is 69.8 cm³/mol. The molecule has 2 rings (SSSR count). The minimum atomic E-state index is -0.575. The van der Waals surface area contributed by atoms with Crippen LogP contribution in [0.3, 0.4) is 0 Å². The van der Waals surface area contributed by atoms with Crippen molar-refractivity contribution in [2.45, 2.75) is 43.9 Å². The second-order valence-electron chi connectivity index (χ2n) is 5.45. The van der Waals surface area contributed by atoms with Crippen LogP contribution >= 0.6 is 0 Å². The minimum Gasteiger partial charge on any atom is -0.358 e. The number of ether oxygens (including phenoxy) is 2. The van der Waals surface area contributed by atoms with Crippen molar-refractivity contribution in [1.82, 2.24) is 0 Å². The van der Waals surface area contributed by atoms with Crippen LogP contribution < -0.4 is 0 Å². The number of fused-ring (bicyclic) bond motifs is 2. The molecule has 0 aromatic rings. The van der Waals surface area contributed by atoms with E-state index >= 15 is 0 Å². The van der Waals surface area contributed by atoms with Crippen molar-refractivity contribution >= 4 is 10.2 Å². The van der Waals surface area contributed by atoms with Gasteiger partial charge in [0.1, 0.15) is 15.7 Å². The first-order valence-electron chi connectivity index (χ1n) is 6.70. The van der Waals surface area contributed by atoms with Gasteiger partial charge in [0.15, 0.2) is 0 Å². The molecule has 0 amide bonds. The van der Waals surface area contributed by atoms with E-state index in [9.17, 15) is 0 Å². The number of hydrogen-bond acceptors (Lipinski definition) is 2. The number of allylic oxidation sites excluding steroid dienone is 2. The maximum atomic E-state index is 5.29. The standard InChI is InChI=1S/C14H23O2Si/c1-15-14(17,16-2)8-4-3-5-12-9-11-6-7-13(12)10-11/h6-7,11-13H,3-5,8-10H2,1-2H3. The van der Waals surface area contributed by atoms with Gasteiger partial charge in [0.05, 0.1) is 0 Å². The maximum Gasteiger partial charge on any atom is 0.143 e. The van der Waals surface area contributed by atoms with E-state index in [1.54, 1.807) is 14.2 Å². The summed E-state index contributed by atoms with van der Waals surface area (Å²) in [4.78, 5) is 0. The van der Waals surface area contributed by atoms with Crippen molar-refractivity contribution in [1.29, 1.82) is 0 Å². The summed E-state index contributed by atoms with van der Waals surface area (Å²) in [6.07, 6.45) is 12.4. The average Bonchev–Trinajstić information content (AvgIpc) is 2.96. The Morgan fingerprint density at radius 3 is 2.47 bits per heavy atom. The van der Waals surface area contributed by atoms with Crippen LogP contribution in [-0.4, -0.2) is 29.9 Å². The van der Waals surface area contributed by atoms with Gasteiger partial charge in [0, 0.05) is 14.2 Å². The van der Waals surface area contributed by atoms with Gasteiger partial charge in [-0.25, -0.2) is 0 Å². The zero-order valence-electron chi connectivity index (χ0n) is 10.9. The van der Waals surface area contributed by atoms with Gasteiger partial charge in [-0.3, -0.25) is 0 Å². The number of hydrogen-bond donors (Lipinski definition) is 0. The Bertz CT molecular complexity index is 273. The Morgan fingerprint density at radius 2 is 1.94 bits per heavy atom. The summed E-state index contributed by atoms with van der Waals surface area (Å²) < 4.78 is 10.6. The monoisotopic (exact) mass is 251 g/mol. The van der Waals surface area contributed by atoms with Crippen LogP contribution in [0.2, 0.25) is 0 Å². The summed E-state index contributed by atoms with van der Waals surface area (Å²) in [5.74, 6) is 2.73. The molecule has 2 bridgehead atoms. The van der Waals surface area contributed by atoms with Crippen LogP contribution in [0.15, 0.2) is 12.2 Å². The normalized spacial score (nSPS) is 31.4. The summed E-state index contributed by atoms with van der Waals surface area (Å²) in [5, 5.41) is 0. The lowest BCUT2D eigenvalue weighted by Gasteiger charge is -2.26. The summed E-state index contributed by atoms with van der Waals surface area (Å²) in [6.45, 7) is 0. The first-order chi connectivity index (χ1) is 8.17. The molecule has 1 saturated carbocycles. The molecule has 3 radical (unpaired) electrons. The van der Waals surface area contributed by atoms with E-state index in [2.05, 4.69) is 22.4 Å². The Morgan fingerprint density at radius 1 is 1.18 bits per heavy atom. The van der Waals surface area contributed by atoms with Gasteiger partial charge in [-0.2, -0.15) is 0 Å². The first kappa shape index (κ1) is 13.3. The van der Waals surface area contributed by atoms with Gasteiger partial charge in [-0.05, 0) is 49.9 Å². The van der Waals surface area contributed by atoms with Gasteiger partial charge in [-0.1, -0.05) is 18.6 Å². The van der Waals surface area contributed by atoms with Crippen LogP contribution in [0.4, 0.5) is 0 Å². The van der Waals surface area contributed by atoms with E-state index in [0.717, 1.165) is 30.6 Å². The van der Waals surface area contributed by atoms with Crippen LogP contribution in [0, 0.1) is 17.8 Å². The molecule has 17 heavy (non-hydrogen) atoms. The molecule has 0 aromatic carbocycles. The molecule has 0 N–H and O–H groups in total.